The van der Waals surface area contributed by atoms with Crippen LogP contribution in [0.3, 0.4) is 0 Å². The maximum absolute atomic E-state index is 5.82. The second-order valence-electron chi connectivity index (χ2n) is 4.65. The first-order valence-corrected chi connectivity index (χ1v) is 6.53. The van der Waals surface area contributed by atoms with E-state index in [4.69, 9.17) is 14.0 Å². The van der Waals surface area contributed by atoms with Crippen molar-refractivity contribution in [1.82, 2.24) is 10.5 Å². The Labute approximate surface area is 118 Å². The molecule has 0 unspecified atom stereocenters. The van der Waals surface area contributed by atoms with Crippen molar-refractivity contribution in [2.24, 2.45) is 0 Å². The molecule has 0 saturated heterocycles. The molecule has 0 aliphatic carbocycles. The summed E-state index contributed by atoms with van der Waals surface area (Å²) in [4.78, 5) is 0. The van der Waals surface area contributed by atoms with Crippen LogP contribution in [0.1, 0.15) is 22.6 Å². The van der Waals surface area contributed by atoms with Crippen LogP contribution in [-0.4, -0.2) is 19.3 Å². The Hall–Kier alpha value is -1.85. The van der Waals surface area contributed by atoms with Crippen LogP contribution in [0.2, 0.25) is 0 Å². The Morgan fingerprint density at radius 2 is 2.10 bits per heavy atom. The van der Waals surface area contributed by atoms with Gasteiger partial charge in [-0.2, -0.15) is 0 Å². The molecule has 5 heteroatoms. The van der Waals surface area contributed by atoms with Gasteiger partial charge in [-0.05, 0) is 20.0 Å². The molecule has 0 spiro atoms. The highest BCUT2D eigenvalue weighted by atomic mass is 16.5. The molecule has 0 fully saturated rings. The fraction of sp³-hybridized carbons (Fsp3) is 0.400. The zero-order valence-electron chi connectivity index (χ0n) is 12.1. The zero-order valence-corrected chi connectivity index (χ0v) is 12.1. The molecule has 0 bridgehead atoms. The maximum Gasteiger partial charge on any atom is 0.162 e. The Balaban J connectivity index is 2.02. The molecule has 1 aromatic heterocycles. The largest absolute Gasteiger partial charge is 0.487 e. The molecule has 1 N–H and O–H groups in total. The van der Waals surface area contributed by atoms with E-state index in [0.717, 1.165) is 23.6 Å². The molecule has 0 aliphatic rings. The average molecular weight is 276 g/mol. The van der Waals surface area contributed by atoms with Crippen LogP contribution in [0.5, 0.6) is 5.75 Å². The molecule has 0 saturated carbocycles. The molecule has 0 aliphatic heterocycles. The van der Waals surface area contributed by atoms with Gasteiger partial charge in [0.15, 0.2) is 5.76 Å². The number of benzene rings is 1. The number of aromatic nitrogens is 1. The quantitative estimate of drug-likeness (QED) is 0.841. The average Bonchev–Trinajstić information content (AvgIpc) is 2.86. The fourth-order valence-corrected chi connectivity index (χ4v) is 1.96. The summed E-state index contributed by atoms with van der Waals surface area (Å²) >= 11 is 0. The van der Waals surface area contributed by atoms with Crippen molar-refractivity contribution in [3.63, 3.8) is 0 Å². The van der Waals surface area contributed by atoms with Crippen LogP contribution in [-0.2, 0) is 24.5 Å². The first-order chi connectivity index (χ1) is 9.72. The lowest BCUT2D eigenvalue weighted by Gasteiger charge is -2.11. The number of nitrogens with zero attached hydrogens (tertiary/aromatic N) is 1. The van der Waals surface area contributed by atoms with Gasteiger partial charge in [0.05, 0.1) is 0 Å². The number of hydrogen-bond donors (Lipinski definition) is 1. The maximum atomic E-state index is 5.82. The van der Waals surface area contributed by atoms with Gasteiger partial charge in [0, 0.05) is 25.3 Å². The Morgan fingerprint density at radius 3 is 2.85 bits per heavy atom. The predicted octanol–water partition coefficient (Wildman–Crippen LogP) is 2.43. The number of methoxy groups -OCH3 is 1. The second kappa shape index (κ2) is 7.07. The van der Waals surface area contributed by atoms with E-state index < -0.39 is 0 Å². The van der Waals surface area contributed by atoms with Gasteiger partial charge in [0.1, 0.15) is 24.7 Å². The highest BCUT2D eigenvalue weighted by Crippen LogP contribution is 2.21. The van der Waals surface area contributed by atoms with Crippen molar-refractivity contribution in [3.8, 4) is 5.75 Å². The van der Waals surface area contributed by atoms with E-state index in [2.05, 4.69) is 23.5 Å². The number of rotatable bonds is 7. The minimum atomic E-state index is 0.382. The minimum absolute atomic E-state index is 0.382. The highest BCUT2D eigenvalue weighted by Gasteiger charge is 2.07. The summed E-state index contributed by atoms with van der Waals surface area (Å²) in [5.41, 5.74) is 3.10. The van der Waals surface area contributed by atoms with Crippen molar-refractivity contribution in [1.29, 1.82) is 0 Å². The Kier molecular flexibility index (Phi) is 5.15. The topological polar surface area (TPSA) is 56.5 Å². The van der Waals surface area contributed by atoms with Crippen molar-refractivity contribution in [2.45, 2.75) is 26.7 Å². The van der Waals surface area contributed by atoms with E-state index in [1.54, 1.807) is 7.11 Å². The highest BCUT2D eigenvalue weighted by molar-refractivity contribution is 5.36. The Morgan fingerprint density at radius 1 is 1.25 bits per heavy atom. The third kappa shape index (κ3) is 3.82. The SMILES string of the molecule is CNCc1cc(C)ccc1OCc1cc(COC)on1. The van der Waals surface area contributed by atoms with Crippen LogP contribution in [0.4, 0.5) is 0 Å². The van der Waals surface area contributed by atoms with Crippen LogP contribution in [0.25, 0.3) is 0 Å². The molecule has 2 rings (SSSR count). The van der Waals surface area contributed by atoms with E-state index in [1.165, 1.54) is 5.56 Å². The molecule has 0 radical (unpaired) electrons. The lowest BCUT2D eigenvalue weighted by Crippen LogP contribution is -2.08. The summed E-state index contributed by atoms with van der Waals surface area (Å²) in [5.74, 6) is 1.56. The summed E-state index contributed by atoms with van der Waals surface area (Å²) < 4.78 is 15.9. The smallest absolute Gasteiger partial charge is 0.162 e. The fourth-order valence-electron chi connectivity index (χ4n) is 1.96. The normalized spacial score (nSPS) is 10.8. The summed E-state index contributed by atoms with van der Waals surface area (Å²) in [7, 11) is 3.54. The second-order valence-corrected chi connectivity index (χ2v) is 4.65. The lowest BCUT2D eigenvalue weighted by atomic mass is 10.1. The van der Waals surface area contributed by atoms with Gasteiger partial charge in [0.2, 0.25) is 0 Å². The van der Waals surface area contributed by atoms with Crippen LogP contribution >= 0.6 is 0 Å². The molecule has 1 aromatic carbocycles. The molecular formula is C15H20N2O3. The standard InChI is InChI=1S/C15H20N2O3/c1-11-4-5-15(12(6-11)8-16-2)19-9-13-7-14(10-18-3)20-17-13/h4-7,16H,8-10H2,1-3H3. The van der Waals surface area contributed by atoms with E-state index in [0.29, 0.717) is 19.0 Å². The predicted molar refractivity (Wildman–Crippen MR) is 75.5 cm³/mol. The van der Waals surface area contributed by atoms with Crippen molar-refractivity contribution >= 4 is 0 Å². The number of nitrogens with one attached hydrogen (secondary N) is 1. The van der Waals surface area contributed by atoms with Gasteiger partial charge in [0.25, 0.3) is 0 Å². The summed E-state index contributed by atoms with van der Waals surface area (Å²) in [6.45, 7) is 3.64. The molecule has 5 nitrogen and oxygen atoms in total. The van der Waals surface area contributed by atoms with Crippen LogP contribution in [0, 0.1) is 6.92 Å². The lowest BCUT2D eigenvalue weighted by molar-refractivity contribution is 0.155. The van der Waals surface area contributed by atoms with Crippen molar-refractivity contribution < 1.29 is 14.0 Å². The van der Waals surface area contributed by atoms with Gasteiger partial charge in [-0.25, -0.2) is 0 Å². The van der Waals surface area contributed by atoms with Crippen LogP contribution in [0.15, 0.2) is 28.8 Å². The Bertz CT molecular complexity index is 552. The number of hydrogen-bond acceptors (Lipinski definition) is 5. The zero-order chi connectivity index (χ0) is 14.4. The molecule has 1 heterocycles. The molecule has 0 amide bonds. The van der Waals surface area contributed by atoms with Gasteiger partial charge in [-0.1, -0.05) is 22.9 Å². The van der Waals surface area contributed by atoms with Crippen molar-refractivity contribution in [2.75, 3.05) is 14.2 Å². The van der Waals surface area contributed by atoms with Crippen molar-refractivity contribution in [3.05, 3.63) is 46.8 Å². The summed E-state index contributed by atoms with van der Waals surface area (Å²) in [6, 6.07) is 7.98. The summed E-state index contributed by atoms with van der Waals surface area (Å²) in [5, 5.41) is 7.09. The van der Waals surface area contributed by atoms with Crippen LogP contribution < -0.4 is 10.1 Å². The van der Waals surface area contributed by atoms with Gasteiger partial charge >= 0.3 is 0 Å². The monoisotopic (exact) mass is 276 g/mol. The number of ether oxygens (including phenoxy) is 2. The number of aryl methyl sites for hydroxylation is 1. The van der Waals surface area contributed by atoms with E-state index in [9.17, 15) is 0 Å². The van der Waals surface area contributed by atoms with Gasteiger partial charge in [-0.3, -0.25) is 0 Å². The molecule has 0 atom stereocenters. The molecular weight excluding hydrogens is 256 g/mol. The first kappa shape index (κ1) is 14.6. The van der Waals surface area contributed by atoms with E-state index in [1.807, 2.05) is 25.2 Å². The van der Waals surface area contributed by atoms with E-state index >= 15 is 0 Å². The van der Waals surface area contributed by atoms with Gasteiger partial charge in [-0.15, -0.1) is 0 Å². The van der Waals surface area contributed by atoms with Gasteiger partial charge < -0.3 is 19.3 Å². The third-order valence-corrected chi connectivity index (χ3v) is 2.85. The molecule has 20 heavy (non-hydrogen) atoms. The third-order valence-electron chi connectivity index (χ3n) is 2.85. The van der Waals surface area contributed by atoms with E-state index in [-0.39, 0.29) is 0 Å². The molecule has 108 valence electrons. The minimum Gasteiger partial charge on any atom is -0.487 e. The first-order valence-electron chi connectivity index (χ1n) is 6.53. The molecule has 2 aromatic rings. The summed E-state index contributed by atoms with van der Waals surface area (Å²) in [6.07, 6.45) is 0.